The molecule has 1 heterocycles. The van der Waals surface area contributed by atoms with Gasteiger partial charge < -0.3 is 15.3 Å². The molecule has 0 radical (unpaired) electrons. The average molecular weight is 297 g/mol. The number of halogens is 1. The highest BCUT2D eigenvalue weighted by atomic mass is 35.5. The minimum atomic E-state index is -0.261. The highest BCUT2D eigenvalue weighted by Crippen LogP contribution is 2.22. The van der Waals surface area contributed by atoms with E-state index >= 15 is 0 Å². The highest BCUT2D eigenvalue weighted by molar-refractivity contribution is 6.31. The number of likely N-dealkylation sites (tertiary alicyclic amines) is 1. The summed E-state index contributed by atoms with van der Waals surface area (Å²) in [6, 6.07) is 4.50. The molecule has 0 bridgehead atoms. The van der Waals surface area contributed by atoms with E-state index in [1.165, 1.54) is 12.1 Å². The van der Waals surface area contributed by atoms with Crippen molar-refractivity contribution >= 4 is 17.5 Å². The number of rotatable bonds is 4. The van der Waals surface area contributed by atoms with E-state index in [-0.39, 0.29) is 17.2 Å². The van der Waals surface area contributed by atoms with Crippen LogP contribution < -0.4 is 5.32 Å². The Morgan fingerprint density at radius 2 is 2.15 bits per heavy atom. The number of carbonyl (C=O) groups is 1. The number of hydrogen-bond donors (Lipinski definition) is 2. The first-order valence-corrected chi connectivity index (χ1v) is 7.47. The smallest absolute Gasteiger partial charge is 0.255 e. The average Bonchev–Trinajstić information content (AvgIpc) is 2.47. The Morgan fingerprint density at radius 1 is 1.45 bits per heavy atom. The Morgan fingerprint density at radius 3 is 2.80 bits per heavy atom. The third kappa shape index (κ3) is 3.87. The van der Waals surface area contributed by atoms with Gasteiger partial charge >= 0.3 is 0 Å². The monoisotopic (exact) mass is 296 g/mol. The first-order chi connectivity index (χ1) is 9.60. The van der Waals surface area contributed by atoms with E-state index in [1.54, 1.807) is 6.07 Å². The molecule has 2 rings (SSSR count). The quantitative estimate of drug-likeness (QED) is 0.897. The second-order valence-corrected chi connectivity index (χ2v) is 5.69. The van der Waals surface area contributed by atoms with Crippen LogP contribution in [0.3, 0.4) is 0 Å². The van der Waals surface area contributed by atoms with Crippen molar-refractivity contribution in [3.05, 3.63) is 28.8 Å². The number of hydrogen-bond acceptors (Lipinski definition) is 3. The highest BCUT2D eigenvalue weighted by Gasteiger charge is 2.19. The van der Waals surface area contributed by atoms with Crippen LogP contribution in [0.1, 0.15) is 30.1 Å². The lowest BCUT2D eigenvalue weighted by molar-refractivity contribution is 0.0934. The fraction of sp³-hybridized carbons (Fsp3) is 0.533. The second kappa shape index (κ2) is 6.95. The summed E-state index contributed by atoms with van der Waals surface area (Å²) in [5.41, 5.74) is 0.239. The summed E-state index contributed by atoms with van der Waals surface area (Å²) in [4.78, 5) is 14.5. The van der Waals surface area contributed by atoms with Crippen LogP contribution in [0.2, 0.25) is 5.02 Å². The van der Waals surface area contributed by atoms with Crippen LogP contribution in [0.15, 0.2) is 18.2 Å². The first kappa shape index (κ1) is 15.1. The van der Waals surface area contributed by atoms with E-state index in [4.69, 9.17) is 11.6 Å². The molecule has 1 fully saturated rings. The molecule has 0 atom stereocenters. The van der Waals surface area contributed by atoms with Crippen LogP contribution in [0.5, 0.6) is 5.75 Å². The summed E-state index contributed by atoms with van der Waals surface area (Å²) in [5, 5.41) is 13.0. The van der Waals surface area contributed by atoms with Crippen LogP contribution in [0.25, 0.3) is 0 Å². The predicted octanol–water partition coefficient (Wildman–Crippen LogP) is 2.51. The summed E-state index contributed by atoms with van der Waals surface area (Å²) >= 11 is 5.85. The Kier molecular flexibility index (Phi) is 5.26. The van der Waals surface area contributed by atoms with Crippen molar-refractivity contribution in [1.29, 1.82) is 0 Å². The zero-order chi connectivity index (χ0) is 14.5. The maximum atomic E-state index is 12.0. The fourth-order valence-electron chi connectivity index (χ4n) is 2.53. The Bertz CT molecular complexity index is 471. The number of piperidine rings is 1. The topological polar surface area (TPSA) is 52.6 Å². The van der Waals surface area contributed by atoms with Crippen molar-refractivity contribution in [3.8, 4) is 5.75 Å². The van der Waals surface area contributed by atoms with Crippen molar-refractivity contribution in [2.45, 2.75) is 19.8 Å². The lowest BCUT2D eigenvalue weighted by Crippen LogP contribution is -2.38. The minimum absolute atomic E-state index is 0.0345. The lowest BCUT2D eigenvalue weighted by Gasteiger charge is -2.31. The Hall–Kier alpha value is -1.26. The van der Waals surface area contributed by atoms with Gasteiger partial charge in [0.15, 0.2) is 0 Å². The van der Waals surface area contributed by atoms with E-state index in [1.807, 2.05) is 0 Å². The standard InChI is InChI=1S/C15H21ClN2O2/c1-2-18-7-5-11(6-8-18)10-17-15(20)13-9-12(16)3-4-14(13)19/h3-4,9,11,19H,2,5-8,10H2,1H3,(H,17,20). The van der Waals surface area contributed by atoms with Gasteiger partial charge in [0.2, 0.25) is 0 Å². The molecule has 1 aromatic rings. The molecule has 1 saturated heterocycles. The number of nitrogens with zero attached hydrogens (tertiary/aromatic N) is 1. The predicted molar refractivity (Wildman–Crippen MR) is 80.3 cm³/mol. The first-order valence-electron chi connectivity index (χ1n) is 7.09. The molecule has 0 saturated carbocycles. The normalized spacial score (nSPS) is 17.1. The zero-order valence-electron chi connectivity index (χ0n) is 11.7. The molecule has 20 heavy (non-hydrogen) atoms. The number of benzene rings is 1. The molecule has 1 aliphatic rings. The number of phenolic OH excluding ortho intramolecular Hbond substituents is 1. The van der Waals surface area contributed by atoms with Gasteiger partial charge in [-0.1, -0.05) is 18.5 Å². The van der Waals surface area contributed by atoms with Crippen LogP contribution >= 0.6 is 11.6 Å². The molecule has 5 heteroatoms. The lowest BCUT2D eigenvalue weighted by atomic mass is 9.96. The number of amides is 1. The van der Waals surface area contributed by atoms with Crippen LogP contribution in [-0.2, 0) is 0 Å². The van der Waals surface area contributed by atoms with Gasteiger partial charge in [-0.05, 0) is 56.6 Å². The van der Waals surface area contributed by atoms with Crippen molar-refractivity contribution in [2.24, 2.45) is 5.92 Å². The Balaban J connectivity index is 1.85. The molecule has 2 N–H and O–H groups in total. The molecule has 0 aromatic heterocycles. The number of phenols is 1. The molecule has 0 spiro atoms. The molecule has 1 aromatic carbocycles. The summed E-state index contributed by atoms with van der Waals surface area (Å²) < 4.78 is 0. The second-order valence-electron chi connectivity index (χ2n) is 5.25. The van der Waals surface area contributed by atoms with Crippen molar-refractivity contribution < 1.29 is 9.90 Å². The van der Waals surface area contributed by atoms with Gasteiger partial charge in [0.25, 0.3) is 5.91 Å². The zero-order valence-corrected chi connectivity index (χ0v) is 12.5. The minimum Gasteiger partial charge on any atom is -0.507 e. The van der Waals surface area contributed by atoms with Gasteiger partial charge in [-0.2, -0.15) is 0 Å². The van der Waals surface area contributed by atoms with Crippen LogP contribution in [0.4, 0.5) is 0 Å². The molecule has 110 valence electrons. The molecule has 4 nitrogen and oxygen atoms in total. The molecular weight excluding hydrogens is 276 g/mol. The molecule has 1 aliphatic heterocycles. The Labute approximate surface area is 124 Å². The summed E-state index contributed by atoms with van der Waals surface area (Å²) in [7, 11) is 0. The van der Waals surface area contributed by atoms with Crippen molar-refractivity contribution in [2.75, 3.05) is 26.2 Å². The third-order valence-electron chi connectivity index (χ3n) is 3.91. The fourth-order valence-corrected chi connectivity index (χ4v) is 2.70. The molecule has 0 aliphatic carbocycles. The van der Waals surface area contributed by atoms with Gasteiger partial charge in [0, 0.05) is 11.6 Å². The molecular formula is C15H21ClN2O2. The summed E-state index contributed by atoms with van der Waals surface area (Å²) in [6.45, 7) is 6.11. The summed E-state index contributed by atoms with van der Waals surface area (Å²) in [5.74, 6) is 0.221. The van der Waals surface area contributed by atoms with Gasteiger partial charge in [-0.25, -0.2) is 0 Å². The maximum absolute atomic E-state index is 12.0. The van der Waals surface area contributed by atoms with Gasteiger partial charge in [0.1, 0.15) is 5.75 Å². The molecule has 1 amide bonds. The van der Waals surface area contributed by atoms with E-state index in [2.05, 4.69) is 17.1 Å². The van der Waals surface area contributed by atoms with Crippen LogP contribution in [-0.4, -0.2) is 42.1 Å². The number of carbonyl (C=O) groups excluding carboxylic acids is 1. The van der Waals surface area contributed by atoms with E-state index < -0.39 is 0 Å². The van der Waals surface area contributed by atoms with Crippen molar-refractivity contribution in [1.82, 2.24) is 10.2 Å². The SMILES string of the molecule is CCN1CCC(CNC(=O)c2cc(Cl)ccc2O)CC1. The van der Waals surface area contributed by atoms with Gasteiger partial charge in [-0.15, -0.1) is 0 Å². The summed E-state index contributed by atoms with van der Waals surface area (Å²) in [6.07, 6.45) is 2.21. The molecule has 0 unspecified atom stereocenters. The number of nitrogens with one attached hydrogen (secondary N) is 1. The van der Waals surface area contributed by atoms with Gasteiger partial charge in [-0.3, -0.25) is 4.79 Å². The largest absolute Gasteiger partial charge is 0.507 e. The van der Waals surface area contributed by atoms with Gasteiger partial charge in [0.05, 0.1) is 5.56 Å². The third-order valence-corrected chi connectivity index (χ3v) is 4.14. The van der Waals surface area contributed by atoms with Crippen molar-refractivity contribution in [3.63, 3.8) is 0 Å². The van der Waals surface area contributed by atoms with E-state index in [0.717, 1.165) is 32.5 Å². The van der Waals surface area contributed by atoms with Crippen LogP contribution in [0, 0.1) is 5.92 Å². The number of aromatic hydroxyl groups is 1. The van der Waals surface area contributed by atoms with E-state index in [0.29, 0.717) is 17.5 Å². The van der Waals surface area contributed by atoms with E-state index in [9.17, 15) is 9.90 Å². The maximum Gasteiger partial charge on any atom is 0.255 e.